The Kier molecular flexibility index (Phi) is 8.39. The monoisotopic (exact) mass is 321 g/mol. The summed E-state index contributed by atoms with van der Waals surface area (Å²) < 4.78 is 0. The van der Waals surface area contributed by atoms with Crippen molar-refractivity contribution in [3.05, 3.63) is 0 Å². The fourth-order valence-corrected chi connectivity index (χ4v) is 1.55. The average molecular weight is 321 g/mol. The number of thiol groups is 1. The molecule has 0 spiro atoms. The van der Waals surface area contributed by atoms with E-state index in [1.807, 2.05) is 0 Å². The van der Waals surface area contributed by atoms with Crippen molar-refractivity contribution < 1.29 is 29.4 Å². The molecule has 0 aromatic heterocycles. The summed E-state index contributed by atoms with van der Waals surface area (Å²) in [7, 11) is 0. The first-order valence-electron chi connectivity index (χ1n) is 6.10. The molecule has 2 amide bonds. The zero-order chi connectivity index (χ0) is 16.6. The number of carboxylic acid groups (broad SMARTS) is 2. The standard InChI is InChI=1S/C11H19N3O6S/c1-5(12)9(17)14-7(4-21)10(18)13-6(11(19)20)2-3-8(15)16/h5-7,21H,2-4,12H2,1H3,(H,13,18)(H,14,17)(H,15,16)(H,19,20). The number of rotatable bonds is 9. The maximum absolute atomic E-state index is 11.9. The van der Waals surface area contributed by atoms with E-state index in [-0.39, 0.29) is 12.2 Å². The molecule has 10 heteroatoms. The Bertz CT molecular complexity index is 415. The van der Waals surface area contributed by atoms with Gasteiger partial charge >= 0.3 is 11.9 Å². The summed E-state index contributed by atoms with van der Waals surface area (Å²) in [5.74, 6) is -3.94. The topological polar surface area (TPSA) is 159 Å². The Hall–Kier alpha value is -1.81. The summed E-state index contributed by atoms with van der Waals surface area (Å²) >= 11 is 3.90. The second-order valence-electron chi connectivity index (χ2n) is 4.36. The van der Waals surface area contributed by atoms with Gasteiger partial charge in [-0.3, -0.25) is 14.4 Å². The molecular formula is C11H19N3O6S. The van der Waals surface area contributed by atoms with E-state index in [9.17, 15) is 19.2 Å². The molecule has 0 fully saturated rings. The molecule has 0 aliphatic heterocycles. The first kappa shape index (κ1) is 19.2. The third kappa shape index (κ3) is 7.51. The van der Waals surface area contributed by atoms with Crippen LogP contribution in [0.1, 0.15) is 19.8 Å². The van der Waals surface area contributed by atoms with Gasteiger partial charge in [0.05, 0.1) is 6.04 Å². The van der Waals surface area contributed by atoms with E-state index in [4.69, 9.17) is 15.9 Å². The SMILES string of the molecule is CC(N)C(=O)NC(CS)C(=O)NC(CCC(=O)O)C(=O)O. The molecule has 120 valence electrons. The Morgan fingerprint density at radius 2 is 1.62 bits per heavy atom. The molecule has 0 aliphatic rings. The van der Waals surface area contributed by atoms with Gasteiger partial charge < -0.3 is 26.6 Å². The maximum Gasteiger partial charge on any atom is 0.326 e. The highest BCUT2D eigenvalue weighted by Crippen LogP contribution is 2.00. The lowest BCUT2D eigenvalue weighted by atomic mass is 10.1. The van der Waals surface area contributed by atoms with Gasteiger partial charge in [0.15, 0.2) is 0 Å². The third-order valence-electron chi connectivity index (χ3n) is 2.49. The van der Waals surface area contributed by atoms with E-state index in [0.29, 0.717) is 0 Å². The summed E-state index contributed by atoms with van der Waals surface area (Å²) in [4.78, 5) is 44.7. The predicted molar refractivity (Wildman–Crippen MR) is 75.9 cm³/mol. The average Bonchev–Trinajstić information content (AvgIpc) is 2.39. The molecule has 21 heavy (non-hydrogen) atoms. The smallest absolute Gasteiger partial charge is 0.326 e. The minimum atomic E-state index is -1.36. The summed E-state index contributed by atoms with van der Waals surface area (Å²) in [6, 6.07) is -3.25. The van der Waals surface area contributed by atoms with E-state index < -0.39 is 48.3 Å². The lowest BCUT2D eigenvalue weighted by molar-refractivity contribution is -0.143. The number of amides is 2. The minimum absolute atomic E-state index is 0.0600. The van der Waals surface area contributed by atoms with Crippen LogP contribution in [0.4, 0.5) is 0 Å². The summed E-state index contributed by atoms with van der Waals surface area (Å²) in [6.45, 7) is 1.43. The van der Waals surface area contributed by atoms with Gasteiger partial charge in [-0.05, 0) is 13.3 Å². The van der Waals surface area contributed by atoms with Gasteiger partial charge in [-0.1, -0.05) is 0 Å². The minimum Gasteiger partial charge on any atom is -0.481 e. The molecule has 0 rings (SSSR count). The molecule has 0 aromatic carbocycles. The first-order valence-corrected chi connectivity index (χ1v) is 6.74. The molecule has 6 N–H and O–H groups in total. The summed E-state index contributed by atoms with van der Waals surface area (Å²) in [5.41, 5.74) is 5.34. The molecule has 0 heterocycles. The van der Waals surface area contributed by atoms with E-state index in [1.165, 1.54) is 6.92 Å². The normalized spacial score (nSPS) is 14.6. The number of carbonyl (C=O) groups excluding carboxylic acids is 2. The van der Waals surface area contributed by atoms with Crippen LogP contribution in [0.2, 0.25) is 0 Å². The van der Waals surface area contributed by atoms with Crippen LogP contribution >= 0.6 is 12.6 Å². The van der Waals surface area contributed by atoms with Crippen molar-refractivity contribution in [3.63, 3.8) is 0 Å². The van der Waals surface area contributed by atoms with E-state index >= 15 is 0 Å². The molecule has 9 nitrogen and oxygen atoms in total. The molecule has 3 atom stereocenters. The second-order valence-corrected chi connectivity index (χ2v) is 4.73. The summed E-state index contributed by atoms with van der Waals surface area (Å²) in [5, 5.41) is 21.9. The fraction of sp³-hybridized carbons (Fsp3) is 0.636. The second kappa shape index (κ2) is 9.19. The number of nitrogens with one attached hydrogen (secondary N) is 2. The van der Waals surface area contributed by atoms with E-state index in [0.717, 1.165) is 0 Å². The van der Waals surface area contributed by atoms with Gasteiger partial charge in [-0.15, -0.1) is 0 Å². The molecule has 0 aromatic rings. The Labute approximate surface area is 126 Å². The highest BCUT2D eigenvalue weighted by Gasteiger charge is 2.26. The lowest BCUT2D eigenvalue weighted by Gasteiger charge is -2.20. The maximum atomic E-state index is 11.9. The van der Waals surface area contributed by atoms with Crippen LogP contribution in [0, 0.1) is 0 Å². The number of hydrogen-bond acceptors (Lipinski definition) is 6. The van der Waals surface area contributed by atoms with Gasteiger partial charge in [0, 0.05) is 12.2 Å². The van der Waals surface area contributed by atoms with Crippen molar-refractivity contribution in [1.29, 1.82) is 0 Å². The first-order chi connectivity index (χ1) is 9.68. The van der Waals surface area contributed by atoms with Gasteiger partial charge in [0.1, 0.15) is 12.1 Å². The van der Waals surface area contributed by atoms with Crippen molar-refractivity contribution in [2.24, 2.45) is 5.73 Å². The van der Waals surface area contributed by atoms with Crippen molar-refractivity contribution in [3.8, 4) is 0 Å². The quantitative estimate of drug-likeness (QED) is 0.273. The summed E-state index contributed by atoms with van der Waals surface area (Å²) in [6.07, 6.45) is -0.675. The van der Waals surface area contributed by atoms with Crippen molar-refractivity contribution in [1.82, 2.24) is 10.6 Å². The zero-order valence-electron chi connectivity index (χ0n) is 11.4. The predicted octanol–water partition coefficient (Wildman–Crippen LogP) is -1.82. The van der Waals surface area contributed by atoms with Crippen molar-refractivity contribution in [2.45, 2.75) is 37.9 Å². The van der Waals surface area contributed by atoms with E-state index in [1.54, 1.807) is 0 Å². The van der Waals surface area contributed by atoms with Crippen molar-refractivity contribution in [2.75, 3.05) is 5.75 Å². The molecule has 0 saturated carbocycles. The Morgan fingerprint density at radius 3 is 2.00 bits per heavy atom. The molecule has 0 radical (unpaired) electrons. The Balaban J connectivity index is 4.66. The number of carboxylic acids is 2. The highest BCUT2D eigenvalue weighted by molar-refractivity contribution is 7.80. The third-order valence-corrected chi connectivity index (χ3v) is 2.86. The molecule has 0 aliphatic carbocycles. The largest absolute Gasteiger partial charge is 0.481 e. The van der Waals surface area contributed by atoms with Gasteiger partial charge in [-0.25, -0.2) is 4.79 Å². The number of aliphatic carboxylic acids is 2. The number of carbonyl (C=O) groups is 4. The van der Waals surface area contributed by atoms with Gasteiger partial charge in [0.25, 0.3) is 0 Å². The molecule has 0 bridgehead atoms. The molecular weight excluding hydrogens is 302 g/mol. The van der Waals surface area contributed by atoms with Gasteiger partial charge in [-0.2, -0.15) is 12.6 Å². The number of nitrogens with two attached hydrogens (primary N) is 1. The number of hydrogen-bond donors (Lipinski definition) is 6. The zero-order valence-corrected chi connectivity index (χ0v) is 12.3. The van der Waals surface area contributed by atoms with Crippen LogP contribution in [0.3, 0.4) is 0 Å². The Morgan fingerprint density at radius 1 is 1.10 bits per heavy atom. The van der Waals surface area contributed by atoms with E-state index in [2.05, 4.69) is 23.3 Å². The van der Waals surface area contributed by atoms with Crippen LogP contribution in [0.15, 0.2) is 0 Å². The van der Waals surface area contributed by atoms with Crippen LogP contribution in [-0.4, -0.2) is 57.8 Å². The molecule has 3 unspecified atom stereocenters. The fourth-order valence-electron chi connectivity index (χ4n) is 1.29. The highest BCUT2D eigenvalue weighted by atomic mass is 32.1. The molecule has 0 saturated heterocycles. The van der Waals surface area contributed by atoms with Gasteiger partial charge in [0.2, 0.25) is 11.8 Å². The van der Waals surface area contributed by atoms with Crippen LogP contribution < -0.4 is 16.4 Å². The van der Waals surface area contributed by atoms with Crippen LogP contribution in [0.5, 0.6) is 0 Å². The van der Waals surface area contributed by atoms with Crippen LogP contribution in [0.25, 0.3) is 0 Å². The van der Waals surface area contributed by atoms with Crippen molar-refractivity contribution >= 4 is 36.4 Å². The van der Waals surface area contributed by atoms with Crippen LogP contribution in [-0.2, 0) is 19.2 Å². The lowest BCUT2D eigenvalue weighted by Crippen LogP contribution is -2.54.